The third kappa shape index (κ3) is 2.38. The van der Waals surface area contributed by atoms with Gasteiger partial charge in [0.15, 0.2) is 11.6 Å². The van der Waals surface area contributed by atoms with Crippen LogP contribution in [0.2, 0.25) is 0 Å². The smallest absolute Gasteiger partial charge is 0.170 e. The van der Waals surface area contributed by atoms with Crippen LogP contribution in [0.1, 0.15) is 18.5 Å². The Balaban J connectivity index is 1.92. The van der Waals surface area contributed by atoms with Crippen molar-refractivity contribution in [3.8, 4) is 0 Å². The zero-order valence-corrected chi connectivity index (χ0v) is 11.1. The van der Waals surface area contributed by atoms with E-state index in [0.717, 1.165) is 16.6 Å². The minimum atomic E-state index is 0.0569. The molecule has 0 aliphatic carbocycles. The number of aromatic nitrogens is 3. The van der Waals surface area contributed by atoms with Gasteiger partial charge in [-0.3, -0.25) is 4.98 Å². The first-order valence-corrected chi connectivity index (χ1v) is 6.43. The van der Waals surface area contributed by atoms with Gasteiger partial charge in [0.25, 0.3) is 0 Å². The molecule has 100 valence electrons. The standard InChI is InChI=1S/C15H15N5/c1-10(11-5-4-8-17-9-11)18-15-14(16)19-12-6-2-3-7-13(12)20-15/h2-10H,1H3,(H2,16,19)(H,18,20). The molecule has 0 bridgehead atoms. The van der Waals surface area contributed by atoms with Gasteiger partial charge in [-0.25, -0.2) is 9.97 Å². The van der Waals surface area contributed by atoms with Crippen molar-refractivity contribution in [3.63, 3.8) is 0 Å². The molecular weight excluding hydrogens is 250 g/mol. The molecular formula is C15H15N5. The highest BCUT2D eigenvalue weighted by molar-refractivity contribution is 5.79. The zero-order chi connectivity index (χ0) is 13.9. The third-order valence-corrected chi connectivity index (χ3v) is 3.14. The number of anilines is 2. The Bertz CT molecular complexity index is 727. The largest absolute Gasteiger partial charge is 0.381 e. The van der Waals surface area contributed by atoms with E-state index in [1.165, 1.54) is 0 Å². The summed E-state index contributed by atoms with van der Waals surface area (Å²) in [6, 6.07) is 11.6. The molecule has 3 N–H and O–H groups in total. The number of nitrogens with one attached hydrogen (secondary N) is 1. The second-order valence-electron chi connectivity index (χ2n) is 4.60. The predicted molar refractivity (Wildman–Crippen MR) is 80.2 cm³/mol. The van der Waals surface area contributed by atoms with Crippen LogP contribution >= 0.6 is 0 Å². The molecule has 0 spiro atoms. The second kappa shape index (κ2) is 5.13. The number of pyridine rings is 1. The summed E-state index contributed by atoms with van der Waals surface area (Å²) in [5, 5.41) is 3.28. The summed E-state index contributed by atoms with van der Waals surface area (Å²) >= 11 is 0. The zero-order valence-electron chi connectivity index (χ0n) is 11.1. The van der Waals surface area contributed by atoms with E-state index in [2.05, 4.69) is 20.3 Å². The van der Waals surface area contributed by atoms with E-state index in [1.54, 1.807) is 6.20 Å². The number of hydrogen-bond donors (Lipinski definition) is 2. The molecule has 2 aromatic heterocycles. The van der Waals surface area contributed by atoms with Crippen molar-refractivity contribution in [1.82, 2.24) is 15.0 Å². The summed E-state index contributed by atoms with van der Waals surface area (Å²) in [6.45, 7) is 2.04. The van der Waals surface area contributed by atoms with E-state index in [-0.39, 0.29) is 6.04 Å². The lowest BCUT2D eigenvalue weighted by Crippen LogP contribution is -2.11. The second-order valence-corrected chi connectivity index (χ2v) is 4.60. The number of benzene rings is 1. The number of fused-ring (bicyclic) bond motifs is 1. The van der Waals surface area contributed by atoms with Gasteiger partial charge in [-0.1, -0.05) is 18.2 Å². The minimum Gasteiger partial charge on any atom is -0.381 e. The molecule has 2 heterocycles. The number of rotatable bonds is 3. The molecule has 0 radical (unpaired) electrons. The molecule has 3 rings (SSSR count). The number of nitrogen functional groups attached to an aromatic ring is 1. The van der Waals surface area contributed by atoms with Gasteiger partial charge in [-0.15, -0.1) is 0 Å². The van der Waals surface area contributed by atoms with E-state index < -0.39 is 0 Å². The first-order chi connectivity index (χ1) is 9.74. The van der Waals surface area contributed by atoms with Gasteiger partial charge in [0.2, 0.25) is 0 Å². The fourth-order valence-corrected chi connectivity index (χ4v) is 2.04. The number of nitrogens with zero attached hydrogens (tertiary/aromatic N) is 3. The Kier molecular flexibility index (Phi) is 3.16. The van der Waals surface area contributed by atoms with Crippen molar-refractivity contribution in [3.05, 3.63) is 54.4 Å². The Morgan fingerprint density at radius 1 is 1.05 bits per heavy atom. The maximum Gasteiger partial charge on any atom is 0.170 e. The average Bonchev–Trinajstić information content (AvgIpc) is 2.49. The minimum absolute atomic E-state index is 0.0569. The molecule has 0 saturated carbocycles. The predicted octanol–water partition coefficient (Wildman–Crippen LogP) is 2.78. The van der Waals surface area contributed by atoms with Crippen molar-refractivity contribution in [1.29, 1.82) is 0 Å². The highest BCUT2D eigenvalue weighted by atomic mass is 15.1. The quantitative estimate of drug-likeness (QED) is 0.761. The van der Waals surface area contributed by atoms with Crippen LogP contribution in [0.4, 0.5) is 11.6 Å². The van der Waals surface area contributed by atoms with Gasteiger partial charge in [-0.05, 0) is 30.7 Å². The summed E-state index contributed by atoms with van der Waals surface area (Å²) in [5.74, 6) is 1.000. The van der Waals surface area contributed by atoms with Crippen LogP contribution in [-0.2, 0) is 0 Å². The molecule has 0 fully saturated rings. The maximum atomic E-state index is 5.96. The van der Waals surface area contributed by atoms with Crippen LogP contribution in [0.5, 0.6) is 0 Å². The van der Waals surface area contributed by atoms with Gasteiger partial charge in [0.1, 0.15) is 0 Å². The van der Waals surface area contributed by atoms with E-state index in [9.17, 15) is 0 Å². The van der Waals surface area contributed by atoms with Crippen molar-refractivity contribution < 1.29 is 0 Å². The van der Waals surface area contributed by atoms with Crippen LogP contribution in [0.15, 0.2) is 48.8 Å². The Morgan fingerprint density at radius 2 is 1.80 bits per heavy atom. The molecule has 1 unspecified atom stereocenters. The van der Waals surface area contributed by atoms with Gasteiger partial charge in [0.05, 0.1) is 17.1 Å². The van der Waals surface area contributed by atoms with Crippen LogP contribution in [0.3, 0.4) is 0 Å². The highest BCUT2D eigenvalue weighted by Gasteiger charge is 2.10. The van der Waals surface area contributed by atoms with Crippen molar-refractivity contribution >= 4 is 22.7 Å². The molecule has 20 heavy (non-hydrogen) atoms. The van der Waals surface area contributed by atoms with Crippen LogP contribution in [0, 0.1) is 0 Å². The molecule has 3 aromatic rings. The van der Waals surface area contributed by atoms with Gasteiger partial charge in [0, 0.05) is 12.4 Å². The van der Waals surface area contributed by atoms with Crippen LogP contribution in [-0.4, -0.2) is 15.0 Å². The third-order valence-electron chi connectivity index (χ3n) is 3.14. The summed E-state index contributed by atoms with van der Waals surface area (Å²) in [7, 11) is 0. The summed E-state index contributed by atoms with van der Waals surface area (Å²) in [5.41, 5.74) is 8.65. The molecule has 5 heteroatoms. The first-order valence-electron chi connectivity index (χ1n) is 6.43. The normalized spacial score (nSPS) is 12.2. The van der Waals surface area contributed by atoms with Crippen LogP contribution in [0.25, 0.3) is 11.0 Å². The lowest BCUT2D eigenvalue weighted by Gasteiger charge is -2.15. The van der Waals surface area contributed by atoms with E-state index in [1.807, 2.05) is 49.5 Å². The maximum absolute atomic E-state index is 5.96. The van der Waals surface area contributed by atoms with Crippen molar-refractivity contribution in [2.45, 2.75) is 13.0 Å². The van der Waals surface area contributed by atoms with Gasteiger partial charge < -0.3 is 11.1 Å². The van der Waals surface area contributed by atoms with Gasteiger partial charge >= 0.3 is 0 Å². The first kappa shape index (κ1) is 12.3. The average molecular weight is 265 g/mol. The summed E-state index contributed by atoms with van der Waals surface area (Å²) < 4.78 is 0. The lowest BCUT2D eigenvalue weighted by atomic mass is 10.1. The Morgan fingerprint density at radius 3 is 2.50 bits per heavy atom. The van der Waals surface area contributed by atoms with E-state index in [4.69, 9.17) is 5.73 Å². The van der Waals surface area contributed by atoms with E-state index >= 15 is 0 Å². The topological polar surface area (TPSA) is 76.7 Å². The monoisotopic (exact) mass is 265 g/mol. The fourth-order valence-electron chi connectivity index (χ4n) is 2.04. The Hall–Kier alpha value is -2.69. The van der Waals surface area contributed by atoms with E-state index in [0.29, 0.717) is 11.6 Å². The summed E-state index contributed by atoms with van der Waals surface area (Å²) in [6.07, 6.45) is 3.57. The Labute approximate surface area is 116 Å². The number of nitrogens with two attached hydrogens (primary N) is 1. The molecule has 0 aliphatic heterocycles. The fraction of sp³-hybridized carbons (Fsp3) is 0.133. The molecule has 0 aliphatic rings. The van der Waals surface area contributed by atoms with Gasteiger partial charge in [-0.2, -0.15) is 0 Å². The molecule has 0 saturated heterocycles. The van der Waals surface area contributed by atoms with Crippen molar-refractivity contribution in [2.24, 2.45) is 0 Å². The number of para-hydroxylation sites is 2. The highest BCUT2D eigenvalue weighted by Crippen LogP contribution is 2.23. The van der Waals surface area contributed by atoms with Crippen molar-refractivity contribution in [2.75, 3.05) is 11.1 Å². The lowest BCUT2D eigenvalue weighted by molar-refractivity contribution is 0.867. The summed E-state index contributed by atoms with van der Waals surface area (Å²) in [4.78, 5) is 13.0. The molecule has 0 amide bonds. The number of hydrogen-bond acceptors (Lipinski definition) is 5. The molecule has 5 nitrogen and oxygen atoms in total. The van der Waals surface area contributed by atoms with Crippen LogP contribution < -0.4 is 11.1 Å². The molecule has 1 atom stereocenters. The SMILES string of the molecule is CC(Nc1nc2ccccc2nc1N)c1cccnc1. The molecule has 1 aromatic carbocycles.